The standard InChI is InChI=1S/C51H39N3O/c1-4-15-33(16-5-1)48-52-49(34-17-6-2-7-18-34)54-50(53-48)37-20-12-19-35(31-37)38-22-13-24-41-42-25-14-23-39(47(42)55-46(38)41)36-27-28-45-43(32-36)40-21-8-9-26-44(40)51(45)29-10-3-11-30-51/h1-2,4-9,12-28,31-32,42,47H,3,10-11,29-30H2. The minimum Gasteiger partial charge on any atom is -0.484 e. The van der Waals surface area contributed by atoms with E-state index in [4.69, 9.17) is 19.7 Å². The van der Waals surface area contributed by atoms with Gasteiger partial charge >= 0.3 is 0 Å². The molecule has 2 unspecified atom stereocenters. The monoisotopic (exact) mass is 709 g/mol. The third-order valence-electron chi connectivity index (χ3n) is 12.3. The highest BCUT2D eigenvalue weighted by Gasteiger charge is 2.44. The average Bonchev–Trinajstić information content (AvgIpc) is 3.78. The van der Waals surface area contributed by atoms with E-state index in [0.29, 0.717) is 17.5 Å². The zero-order valence-electron chi connectivity index (χ0n) is 30.5. The van der Waals surface area contributed by atoms with Crippen molar-refractivity contribution in [3.05, 3.63) is 186 Å². The van der Waals surface area contributed by atoms with Crippen molar-refractivity contribution in [2.75, 3.05) is 0 Å². The fraction of sp³-hybridized carbons (Fsp3) is 0.157. The van der Waals surface area contributed by atoms with Crippen molar-refractivity contribution in [2.45, 2.75) is 49.5 Å². The molecule has 4 heteroatoms. The molecule has 2 atom stereocenters. The molecular weight excluding hydrogens is 671 g/mol. The summed E-state index contributed by atoms with van der Waals surface area (Å²) in [5.74, 6) is 3.02. The maximum atomic E-state index is 7.10. The van der Waals surface area contributed by atoms with Crippen LogP contribution < -0.4 is 4.74 Å². The Morgan fingerprint density at radius 3 is 1.87 bits per heavy atom. The van der Waals surface area contributed by atoms with Crippen molar-refractivity contribution in [3.8, 4) is 62.2 Å². The van der Waals surface area contributed by atoms with Crippen LogP contribution in [0.2, 0.25) is 0 Å². The van der Waals surface area contributed by atoms with Gasteiger partial charge in [-0.3, -0.25) is 0 Å². The van der Waals surface area contributed by atoms with Gasteiger partial charge in [0, 0.05) is 44.7 Å². The Morgan fingerprint density at radius 1 is 0.491 bits per heavy atom. The molecule has 0 N–H and O–H groups in total. The maximum Gasteiger partial charge on any atom is 0.164 e. The Bertz CT molecular complexity index is 2610. The van der Waals surface area contributed by atoms with Crippen molar-refractivity contribution in [2.24, 2.45) is 0 Å². The van der Waals surface area contributed by atoms with E-state index in [-0.39, 0.29) is 17.4 Å². The van der Waals surface area contributed by atoms with E-state index in [1.807, 2.05) is 60.7 Å². The van der Waals surface area contributed by atoms with Crippen molar-refractivity contribution in [1.82, 2.24) is 15.0 Å². The molecule has 4 aliphatic rings. The Hall–Kier alpha value is -6.39. The van der Waals surface area contributed by atoms with Crippen LogP contribution in [0, 0.1) is 0 Å². The van der Waals surface area contributed by atoms with Crippen LogP contribution in [0.3, 0.4) is 0 Å². The summed E-state index contributed by atoms with van der Waals surface area (Å²) >= 11 is 0. The predicted molar refractivity (Wildman–Crippen MR) is 222 cm³/mol. The first-order chi connectivity index (χ1) is 27.2. The van der Waals surface area contributed by atoms with Crippen LogP contribution in [-0.2, 0) is 5.41 Å². The smallest absolute Gasteiger partial charge is 0.164 e. The Labute approximate surface area is 322 Å². The lowest BCUT2D eigenvalue weighted by Crippen LogP contribution is -2.28. The molecule has 55 heavy (non-hydrogen) atoms. The van der Waals surface area contributed by atoms with Gasteiger partial charge in [0.15, 0.2) is 17.5 Å². The molecule has 1 aromatic heterocycles. The highest BCUT2D eigenvalue weighted by Crippen LogP contribution is 2.57. The highest BCUT2D eigenvalue weighted by atomic mass is 16.5. The fourth-order valence-corrected chi connectivity index (χ4v) is 9.74. The van der Waals surface area contributed by atoms with Crippen LogP contribution in [0.15, 0.2) is 164 Å². The molecule has 1 aliphatic heterocycles. The van der Waals surface area contributed by atoms with Crippen molar-refractivity contribution in [3.63, 3.8) is 0 Å². The molecule has 2 heterocycles. The first-order valence-corrected chi connectivity index (χ1v) is 19.6. The Morgan fingerprint density at radius 2 is 1.11 bits per heavy atom. The number of para-hydroxylation sites is 1. The SMILES string of the molecule is C1=CC2c3cccc(-c4cccc(-c5nc(-c6ccccc6)nc(-c6ccccc6)n5)c4)c3OC2C(c2ccc3c(c2)-c2ccccc2C32CCCCC2)=C1. The van der Waals surface area contributed by atoms with Crippen LogP contribution in [0.5, 0.6) is 5.75 Å². The summed E-state index contributed by atoms with van der Waals surface area (Å²) in [5, 5.41) is 0. The number of ether oxygens (including phenoxy) is 1. The van der Waals surface area contributed by atoms with Crippen LogP contribution in [0.4, 0.5) is 0 Å². The number of rotatable bonds is 5. The third-order valence-corrected chi connectivity index (χ3v) is 12.3. The molecule has 0 amide bonds. The number of allylic oxidation sites excluding steroid dienone is 2. The zero-order valence-corrected chi connectivity index (χ0v) is 30.5. The molecule has 11 rings (SSSR count). The summed E-state index contributed by atoms with van der Waals surface area (Å²) in [7, 11) is 0. The maximum absolute atomic E-state index is 7.10. The van der Waals surface area contributed by atoms with Gasteiger partial charge in [0.25, 0.3) is 0 Å². The molecule has 0 bridgehead atoms. The second-order valence-electron chi connectivity index (χ2n) is 15.4. The lowest BCUT2D eigenvalue weighted by atomic mass is 9.68. The molecular formula is C51H39N3O. The summed E-state index contributed by atoms with van der Waals surface area (Å²) in [6.07, 6.45) is 13.1. The van der Waals surface area contributed by atoms with Crippen molar-refractivity contribution < 1.29 is 4.74 Å². The molecule has 1 saturated carbocycles. The van der Waals surface area contributed by atoms with E-state index < -0.39 is 0 Å². The second kappa shape index (κ2) is 12.9. The molecule has 3 aliphatic carbocycles. The van der Waals surface area contributed by atoms with Gasteiger partial charge in [-0.25, -0.2) is 15.0 Å². The average molecular weight is 710 g/mol. The summed E-state index contributed by atoms with van der Waals surface area (Å²) in [5.41, 5.74) is 14.7. The molecule has 4 nitrogen and oxygen atoms in total. The molecule has 0 radical (unpaired) electrons. The quantitative estimate of drug-likeness (QED) is 0.178. The molecule has 264 valence electrons. The summed E-state index contributed by atoms with van der Waals surface area (Å²) in [6, 6.07) is 51.8. The molecule has 0 saturated heterocycles. The van der Waals surface area contributed by atoms with E-state index in [9.17, 15) is 0 Å². The number of aromatic nitrogens is 3. The molecule has 7 aromatic rings. The van der Waals surface area contributed by atoms with Crippen molar-refractivity contribution >= 4 is 5.57 Å². The minimum atomic E-state index is -0.104. The first kappa shape index (κ1) is 32.1. The Balaban J connectivity index is 0.955. The molecule has 6 aromatic carbocycles. The Kier molecular flexibility index (Phi) is 7.51. The molecule has 1 spiro atoms. The number of fused-ring (bicyclic) bond motifs is 8. The second-order valence-corrected chi connectivity index (χ2v) is 15.4. The van der Waals surface area contributed by atoms with Gasteiger partial charge < -0.3 is 4.74 Å². The zero-order chi connectivity index (χ0) is 36.3. The third kappa shape index (κ3) is 5.23. The summed E-state index contributed by atoms with van der Waals surface area (Å²) in [4.78, 5) is 14.9. The predicted octanol–water partition coefficient (Wildman–Crippen LogP) is 12.3. The van der Waals surface area contributed by atoms with Crippen LogP contribution in [0.1, 0.15) is 60.3 Å². The van der Waals surface area contributed by atoms with Gasteiger partial charge in [0.1, 0.15) is 11.9 Å². The van der Waals surface area contributed by atoms with E-state index in [0.717, 1.165) is 33.6 Å². The van der Waals surface area contributed by atoms with E-state index in [1.165, 1.54) is 71.1 Å². The van der Waals surface area contributed by atoms with Gasteiger partial charge in [-0.15, -0.1) is 0 Å². The number of benzene rings is 6. The largest absolute Gasteiger partial charge is 0.484 e. The first-order valence-electron chi connectivity index (χ1n) is 19.6. The number of hydrogen-bond donors (Lipinski definition) is 0. The lowest BCUT2D eigenvalue weighted by molar-refractivity contribution is 0.279. The van der Waals surface area contributed by atoms with Gasteiger partial charge in [0.2, 0.25) is 0 Å². The topological polar surface area (TPSA) is 47.9 Å². The van der Waals surface area contributed by atoms with Crippen LogP contribution >= 0.6 is 0 Å². The number of hydrogen-bond acceptors (Lipinski definition) is 4. The van der Waals surface area contributed by atoms with Crippen molar-refractivity contribution in [1.29, 1.82) is 0 Å². The normalized spacial score (nSPS) is 18.5. The van der Waals surface area contributed by atoms with E-state index in [1.54, 1.807) is 0 Å². The molecule has 1 fully saturated rings. The van der Waals surface area contributed by atoms with Crippen LogP contribution in [0.25, 0.3) is 62.0 Å². The summed E-state index contributed by atoms with van der Waals surface area (Å²) in [6.45, 7) is 0. The van der Waals surface area contributed by atoms with Gasteiger partial charge in [-0.05, 0) is 58.4 Å². The lowest BCUT2D eigenvalue weighted by Gasteiger charge is -2.36. The van der Waals surface area contributed by atoms with Gasteiger partial charge in [-0.2, -0.15) is 0 Å². The van der Waals surface area contributed by atoms with Gasteiger partial charge in [-0.1, -0.05) is 171 Å². The van der Waals surface area contributed by atoms with Crippen LogP contribution in [-0.4, -0.2) is 21.1 Å². The number of nitrogens with zero attached hydrogens (tertiary/aromatic N) is 3. The van der Waals surface area contributed by atoms with E-state index in [2.05, 4.69) is 103 Å². The fourth-order valence-electron chi connectivity index (χ4n) is 9.74. The van der Waals surface area contributed by atoms with E-state index >= 15 is 0 Å². The summed E-state index contributed by atoms with van der Waals surface area (Å²) < 4.78 is 7.10. The minimum absolute atomic E-state index is 0.104. The highest BCUT2D eigenvalue weighted by molar-refractivity contribution is 5.87. The van der Waals surface area contributed by atoms with Gasteiger partial charge in [0.05, 0.1) is 0 Å².